The van der Waals surface area contributed by atoms with Crippen LogP contribution in [0.15, 0.2) is 72.0 Å². The second-order valence-corrected chi connectivity index (χ2v) is 16.0. The van der Waals surface area contributed by atoms with Crippen LogP contribution in [0.5, 0.6) is 11.5 Å². The molecule has 2 aliphatic heterocycles. The Kier molecular flexibility index (Phi) is 11.6. The fourth-order valence-electron chi connectivity index (χ4n) is 6.21. The zero-order chi connectivity index (χ0) is 41.1. The molecule has 6 rings (SSSR count). The Balaban J connectivity index is 0.997. The lowest BCUT2D eigenvalue weighted by molar-refractivity contribution is -0.136. The van der Waals surface area contributed by atoms with Crippen LogP contribution in [0.3, 0.4) is 0 Å². The number of amides is 5. The van der Waals surface area contributed by atoms with Crippen molar-refractivity contribution < 1.29 is 46.6 Å². The van der Waals surface area contributed by atoms with Gasteiger partial charge in [0.2, 0.25) is 26.8 Å². The summed E-state index contributed by atoms with van der Waals surface area (Å²) in [4.78, 5) is 71.0. The molecule has 16 nitrogen and oxygen atoms in total. The first-order valence-electron chi connectivity index (χ1n) is 17.5. The summed E-state index contributed by atoms with van der Waals surface area (Å²) < 4.78 is 40.4. The number of nitrogens with zero attached hydrogens (tertiary/aromatic N) is 4. The van der Waals surface area contributed by atoms with E-state index < -0.39 is 51.0 Å². The van der Waals surface area contributed by atoms with Gasteiger partial charge in [-0.3, -0.25) is 34.7 Å². The van der Waals surface area contributed by atoms with Gasteiger partial charge >= 0.3 is 6.09 Å². The van der Waals surface area contributed by atoms with Gasteiger partial charge in [-0.2, -0.15) is 5.26 Å². The number of imide groups is 2. The molecule has 0 bridgehead atoms. The molecule has 1 atom stereocenters. The fraction of sp³-hybridized carbons (Fsp3) is 0.282. The third-order valence-corrected chi connectivity index (χ3v) is 10.5. The van der Waals surface area contributed by atoms with Crippen LogP contribution in [0.25, 0.3) is 0 Å². The zero-order valence-corrected chi connectivity index (χ0v) is 32.4. The van der Waals surface area contributed by atoms with Gasteiger partial charge in [0.05, 0.1) is 40.6 Å². The Bertz CT molecular complexity index is 2450. The molecule has 1 unspecified atom stereocenters. The van der Waals surface area contributed by atoms with Crippen LogP contribution < -0.4 is 20.1 Å². The average Bonchev–Trinajstić information content (AvgIpc) is 3.41. The van der Waals surface area contributed by atoms with Gasteiger partial charge in [0.1, 0.15) is 24.5 Å². The number of rotatable bonds is 13. The number of hydrogen-bond acceptors (Lipinski definition) is 13. The Morgan fingerprint density at radius 2 is 1.74 bits per heavy atom. The van der Waals surface area contributed by atoms with Gasteiger partial charge in [-0.05, 0) is 66.1 Å². The summed E-state index contributed by atoms with van der Waals surface area (Å²) >= 11 is 6.63. The Morgan fingerprint density at radius 1 is 1.00 bits per heavy atom. The number of ether oxygens (including phenoxy) is 3. The number of hydrogen-bond donors (Lipinski definition) is 2. The van der Waals surface area contributed by atoms with E-state index in [9.17, 15) is 37.7 Å². The van der Waals surface area contributed by atoms with Gasteiger partial charge in [-0.15, -0.1) is 0 Å². The third-order valence-electron chi connectivity index (χ3n) is 9.33. The van der Waals surface area contributed by atoms with Crippen LogP contribution in [0, 0.1) is 11.3 Å². The summed E-state index contributed by atoms with van der Waals surface area (Å²) in [6.45, 7) is 3.98. The van der Waals surface area contributed by atoms with E-state index >= 15 is 0 Å². The smallest absolute Gasteiger partial charge is 0.411 e. The number of aromatic nitrogens is 2. The number of benzene rings is 3. The van der Waals surface area contributed by atoms with Gasteiger partial charge in [0.15, 0.2) is 5.75 Å². The number of carbonyl (C=O) groups excluding carboxylic acids is 5. The topological polar surface area (TPSA) is 224 Å². The molecular weight excluding hydrogens is 780 g/mol. The quantitative estimate of drug-likeness (QED) is 0.106. The maximum atomic E-state index is 13.1. The van der Waals surface area contributed by atoms with Crippen LogP contribution in [0.1, 0.15) is 76.2 Å². The molecule has 0 radical (unpaired) electrons. The normalized spacial score (nSPS) is 15.4. The molecule has 4 aromatic rings. The molecule has 2 N–H and O–H groups in total. The van der Waals surface area contributed by atoms with Gasteiger partial charge in [-0.25, -0.2) is 23.2 Å². The maximum Gasteiger partial charge on any atom is 0.411 e. The van der Waals surface area contributed by atoms with Crippen molar-refractivity contribution in [3.63, 3.8) is 0 Å². The monoisotopic (exact) mass is 814 g/mol. The second-order valence-electron chi connectivity index (χ2n) is 13.7. The predicted molar refractivity (Wildman–Crippen MR) is 202 cm³/mol. The summed E-state index contributed by atoms with van der Waals surface area (Å²) in [5.41, 5.74) is 1.92. The lowest BCUT2D eigenvalue weighted by atomic mass is 9.77. The summed E-state index contributed by atoms with van der Waals surface area (Å²) in [6, 6.07) is 17.4. The van der Waals surface area contributed by atoms with Crippen LogP contribution in [-0.4, -0.2) is 78.5 Å². The molecule has 18 heteroatoms. The summed E-state index contributed by atoms with van der Waals surface area (Å²) in [5.74, 6) is -1.86. The Labute approximate surface area is 332 Å². The minimum Gasteiger partial charge on any atom is -0.490 e. The minimum atomic E-state index is -3.56. The SMILES string of the molecule is CC(C)(c1ccc(OCc2ccnc(S(C)(=O)=O)n2)cc1)c1cc(Cl)c(OCCCOC(=O)Nc2ccc3c(c2)C(=O)N(C2CCC(=O)NC2=O)C3=O)c(C#N)c1. The first kappa shape index (κ1) is 40.3. The lowest BCUT2D eigenvalue weighted by Gasteiger charge is -2.27. The van der Waals surface area contributed by atoms with E-state index in [1.54, 1.807) is 30.3 Å². The number of halogens is 1. The van der Waals surface area contributed by atoms with Crippen molar-refractivity contribution in [2.45, 2.75) is 56.3 Å². The summed E-state index contributed by atoms with van der Waals surface area (Å²) in [7, 11) is -3.56. The molecule has 3 aromatic carbocycles. The average molecular weight is 815 g/mol. The van der Waals surface area contributed by atoms with E-state index in [4.69, 9.17) is 25.8 Å². The van der Waals surface area contributed by atoms with Gasteiger partial charge < -0.3 is 14.2 Å². The van der Waals surface area contributed by atoms with Crippen molar-refractivity contribution in [2.24, 2.45) is 0 Å². The highest BCUT2D eigenvalue weighted by molar-refractivity contribution is 7.90. The van der Waals surface area contributed by atoms with E-state index in [1.807, 2.05) is 26.0 Å². The van der Waals surface area contributed by atoms with E-state index in [1.165, 1.54) is 24.4 Å². The Morgan fingerprint density at radius 3 is 2.44 bits per heavy atom. The third kappa shape index (κ3) is 8.87. The highest BCUT2D eigenvalue weighted by atomic mass is 35.5. The van der Waals surface area contributed by atoms with E-state index in [0.717, 1.165) is 22.3 Å². The fourth-order valence-corrected chi connectivity index (χ4v) is 7.02. The van der Waals surface area contributed by atoms with E-state index in [-0.39, 0.29) is 77.4 Å². The van der Waals surface area contributed by atoms with Crippen molar-refractivity contribution >= 4 is 56.8 Å². The van der Waals surface area contributed by atoms with E-state index in [2.05, 4.69) is 26.7 Å². The van der Waals surface area contributed by atoms with E-state index in [0.29, 0.717) is 11.4 Å². The van der Waals surface area contributed by atoms with Crippen molar-refractivity contribution in [1.82, 2.24) is 20.2 Å². The van der Waals surface area contributed by atoms with Crippen molar-refractivity contribution in [3.8, 4) is 17.6 Å². The second kappa shape index (κ2) is 16.4. The lowest BCUT2D eigenvalue weighted by Crippen LogP contribution is -2.54. The van der Waals surface area contributed by atoms with Crippen molar-refractivity contribution in [2.75, 3.05) is 24.8 Å². The molecule has 294 valence electrons. The number of anilines is 1. The summed E-state index contributed by atoms with van der Waals surface area (Å²) in [5, 5.41) is 14.6. The molecule has 0 aliphatic carbocycles. The van der Waals surface area contributed by atoms with Gasteiger partial charge in [0.25, 0.3) is 11.8 Å². The first-order valence-corrected chi connectivity index (χ1v) is 19.8. The number of carbonyl (C=O) groups is 5. The zero-order valence-electron chi connectivity index (χ0n) is 30.8. The van der Waals surface area contributed by atoms with Crippen LogP contribution in [0.4, 0.5) is 10.5 Å². The molecule has 0 spiro atoms. The van der Waals surface area contributed by atoms with Gasteiger partial charge in [0, 0.05) is 36.4 Å². The van der Waals surface area contributed by atoms with Crippen LogP contribution in [0.2, 0.25) is 5.02 Å². The maximum absolute atomic E-state index is 13.1. The van der Waals surface area contributed by atoms with Crippen LogP contribution in [-0.2, 0) is 36.2 Å². The molecule has 1 aromatic heterocycles. The van der Waals surface area contributed by atoms with Crippen LogP contribution >= 0.6 is 11.6 Å². The molecular formula is C39H35ClN6O10S. The molecule has 5 amide bonds. The molecule has 1 saturated heterocycles. The first-order chi connectivity index (χ1) is 27.1. The molecule has 57 heavy (non-hydrogen) atoms. The number of nitriles is 1. The number of sulfone groups is 1. The van der Waals surface area contributed by atoms with Crippen molar-refractivity contribution in [1.29, 1.82) is 5.26 Å². The highest BCUT2D eigenvalue weighted by Gasteiger charge is 2.44. The highest BCUT2D eigenvalue weighted by Crippen LogP contribution is 2.39. The number of fused-ring (bicyclic) bond motifs is 1. The van der Waals surface area contributed by atoms with Gasteiger partial charge in [-0.1, -0.05) is 37.6 Å². The van der Waals surface area contributed by atoms with Crippen molar-refractivity contribution in [3.05, 3.63) is 105 Å². The Hall–Kier alpha value is -6.38. The molecule has 1 fully saturated rings. The molecule has 2 aliphatic rings. The molecule has 0 saturated carbocycles. The number of piperidine rings is 1. The molecule has 3 heterocycles. The standard InChI is InChI=1S/C39H35ClN6O10S/c1-39(2,23-5-8-27(9-6-23)56-21-26-13-14-42-37(43-26)57(3,52)53)24-17-22(20-41)33(30(40)18-24)54-15-4-16-55-38(51)44-25-7-10-28-29(19-25)36(50)46(35(28)49)31-11-12-32(47)45-34(31)48/h5-10,13-14,17-19,31H,4,11-12,15-16,21H2,1-3H3,(H,44,51)(H,45,47,48). The predicted octanol–water partition coefficient (Wildman–Crippen LogP) is 4.73. The number of nitrogens with one attached hydrogen (secondary N) is 2. The largest absolute Gasteiger partial charge is 0.490 e. The minimum absolute atomic E-state index is 0.00287. The summed E-state index contributed by atoms with van der Waals surface area (Å²) in [6.07, 6.45) is 1.82.